The van der Waals surface area contributed by atoms with E-state index in [9.17, 15) is 4.39 Å². The molecule has 0 spiro atoms. The van der Waals surface area contributed by atoms with Crippen LogP contribution in [-0.4, -0.2) is 16.8 Å². The van der Waals surface area contributed by atoms with E-state index in [1.807, 2.05) is 17.8 Å². The van der Waals surface area contributed by atoms with E-state index in [-0.39, 0.29) is 5.82 Å². The average Bonchev–Trinajstić information content (AvgIpc) is 2.76. The van der Waals surface area contributed by atoms with Crippen molar-refractivity contribution >= 4 is 0 Å². The third-order valence-corrected chi connectivity index (χ3v) is 3.49. The van der Waals surface area contributed by atoms with Crippen LogP contribution in [-0.2, 0) is 25.9 Å². The molecule has 0 radical (unpaired) electrons. The number of nitrogens with one attached hydrogen (secondary N) is 1. The minimum absolute atomic E-state index is 0.195. The first-order valence-electron chi connectivity index (χ1n) is 7.16. The first kappa shape index (κ1) is 14.7. The summed E-state index contributed by atoms with van der Waals surface area (Å²) in [6.45, 7) is 5.71. The average molecular weight is 275 g/mol. The van der Waals surface area contributed by atoms with E-state index in [1.165, 1.54) is 17.3 Å². The van der Waals surface area contributed by atoms with Crippen molar-refractivity contribution in [2.24, 2.45) is 0 Å². The van der Waals surface area contributed by atoms with E-state index in [1.54, 1.807) is 12.1 Å². The Morgan fingerprint density at radius 2 is 2.05 bits per heavy atom. The summed E-state index contributed by atoms with van der Waals surface area (Å²) in [6, 6.07) is 6.73. The Balaban J connectivity index is 2.36. The van der Waals surface area contributed by atoms with Crippen molar-refractivity contribution in [2.45, 2.75) is 39.8 Å². The number of aryl methyl sites for hydroxylation is 1. The number of benzene rings is 1. The second kappa shape index (κ2) is 6.66. The lowest BCUT2D eigenvalue weighted by Crippen LogP contribution is -2.10. The van der Waals surface area contributed by atoms with E-state index < -0.39 is 0 Å². The lowest BCUT2D eigenvalue weighted by molar-refractivity contribution is 0.611. The Bertz CT molecular complexity index is 575. The van der Waals surface area contributed by atoms with Crippen LogP contribution in [0.3, 0.4) is 0 Å². The van der Waals surface area contributed by atoms with Gasteiger partial charge < -0.3 is 5.32 Å². The summed E-state index contributed by atoms with van der Waals surface area (Å²) in [5.74, 6) is -0.195. The molecule has 0 bridgehead atoms. The van der Waals surface area contributed by atoms with Gasteiger partial charge in [-0.15, -0.1) is 0 Å². The van der Waals surface area contributed by atoms with Crippen LogP contribution in [0, 0.1) is 5.82 Å². The maximum atomic E-state index is 13.3. The molecule has 108 valence electrons. The molecule has 1 aromatic heterocycles. The van der Waals surface area contributed by atoms with Crippen molar-refractivity contribution < 1.29 is 4.39 Å². The van der Waals surface area contributed by atoms with E-state index in [0.717, 1.165) is 30.6 Å². The Morgan fingerprint density at radius 1 is 1.25 bits per heavy atom. The molecule has 0 saturated heterocycles. The monoisotopic (exact) mass is 275 g/mol. The standard InChI is InChI=1S/C16H22FN3/c1-4-15-14(10-18-3)16(5-2)20(19-15)11-12-7-6-8-13(17)9-12/h6-9,18H,4-5,10-11H2,1-3H3. The van der Waals surface area contributed by atoms with Crippen molar-refractivity contribution in [3.63, 3.8) is 0 Å². The number of aromatic nitrogens is 2. The molecule has 0 amide bonds. The second-order valence-corrected chi connectivity index (χ2v) is 4.90. The Morgan fingerprint density at radius 3 is 2.65 bits per heavy atom. The summed E-state index contributed by atoms with van der Waals surface area (Å²) < 4.78 is 15.3. The van der Waals surface area contributed by atoms with Gasteiger partial charge in [-0.3, -0.25) is 4.68 Å². The van der Waals surface area contributed by atoms with Crippen LogP contribution < -0.4 is 5.32 Å². The zero-order valence-corrected chi connectivity index (χ0v) is 12.4. The number of halogens is 1. The minimum Gasteiger partial charge on any atom is -0.316 e. The maximum absolute atomic E-state index is 13.3. The van der Waals surface area contributed by atoms with Gasteiger partial charge in [-0.05, 0) is 37.6 Å². The van der Waals surface area contributed by atoms with Gasteiger partial charge in [0, 0.05) is 17.8 Å². The summed E-state index contributed by atoms with van der Waals surface area (Å²) in [6.07, 6.45) is 1.85. The molecule has 3 nitrogen and oxygen atoms in total. The summed E-state index contributed by atoms with van der Waals surface area (Å²) >= 11 is 0. The quantitative estimate of drug-likeness (QED) is 0.878. The molecular formula is C16H22FN3. The zero-order valence-electron chi connectivity index (χ0n) is 12.4. The molecule has 0 saturated carbocycles. The topological polar surface area (TPSA) is 29.9 Å². The molecular weight excluding hydrogens is 253 g/mol. The summed E-state index contributed by atoms with van der Waals surface area (Å²) in [5.41, 5.74) is 4.60. The van der Waals surface area contributed by atoms with Crippen LogP contribution >= 0.6 is 0 Å². The SMILES string of the molecule is CCc1nn(Cc2cccc(F)c2)c(CC)c1CNC. The van der Waals surface area contributed by atoms with Crippen LogP contribution in [0.15, 0.2) is 24.3 Å². The lowest BCUT2D eigenvalue weighted by Gasteiger charge is -2.08. The van der Waals surface area contributed by atoms with E-state index in [2.05, 4.69) is 19.2 Å². The lowest BCUT2D eigenvalue weighted by atomic mass is 10.1. The summed E-state index contributed by atoms with van der Waals surface area (Å²) in [5, 5.41) is 7.90. The van der Waals surface area contributed by atoms with Crippen LogP contribution in [0.1, 0.15) is 36.4 Å². The van der Waals surface area contributed by atoms with Gasteiger partial charge in [0.25, 0.3) is 0 Å². The highest BCUT2D eigenvalue weighted by molar-refractivity contribution is 5.28. The third kappa shape index (κ3) is 3.07. The predicted octanol–water partition coefficient (Wildman–Crippen LogP) is 2.91. The smallest absolute Gasteiger partial charge is 0.123 e. The summed E-state index contributed by atoms with van der Waals surface area (Å²) in [7, 11) is 1.95. The molecule has 0 fully saturated rings. The first-order chi connectivity index (χ1) is 9.69. The largest absolute Gasteiger partial charge is 0.316 e. The number of rotatable bonds is 6. The molecule has 0 aliphatic rings. The fourth-order valence-corrected chi connectivity index (χ4v) is 2.59. The molecule has 1 heterocycles. The molecule has 4 heteroatoms. The number of hydrogen-bond donors (Lipinski definition) is 1. The van der Waals surface area contributed by atoms with Gasteiger partial charge in [-0.25, -0.2) is 4.39 Å². The molecule has 0 unspecified atom stereocenters. The predicted molar refractivity (Wildman–Crippen MR) is 79.2 cm³/mol. The minimum atomic E-state index is -0.195. The fraction of sp³-hybridized carbons (Fsp3) is 0.438. The highest BCUT2D eigenvalue weighted by atomic mass is 19.1. The van der Waals surface area contributed by atoms with Gasteiger partial charge in [-0.2, -0.15) is 5.10 Å². The Labute approximate surface area is 119 Å². The van der Waals surface area contributed by atoms with Crippen molar-refractivity contribution in [3.05, 3.63) is 52.6 Å². The van der Waals surface area contributed by atoms with Gasteiger partial charge in [0.05, 0.1) is 12.2 Å². The highest BCUT2D eigenvalue weighted by Gasteiger charge is 2.14. The normalized spacial score (nSPS) is 11.0. The van der Waals surface area contributed by atoms with Gasteiger partial charge in [0.1, 0.15) is 5.82 Å². The number of nitrogens with zero attached hydrogens (tertiary/aromatic N) is 2. The highest BCUT2D eigenvalue weighted by Crippen LogP contribution is 2.18. The Hall–Kier alpha value is -1.68. The first-order valence-corrected chi connectivity index (χ1v) is 7.16. The van der Waals surface area contributed by atoms with Gasteiger partial charge in [-0.1, -0.05) is 26.0 Å². The fourth-order valence-electron chi connectivity index (χ4n) is 2.59. The van der Waals surface area contributed by atoms with E-state index in [0.29, 0.717) is 6.54 Å². The maximum Gasteiger partial charge on any atom is 0.123 e. The van der Waals surface area contributed by atoms with Crippen LogP contribution in [0.2, 0.25) is 0 Å². The van der Waals surface area contributed by atoms with Gasteiger partial charge in [0.15, 0.2) is 0 Å². The molecule has 2 rings (SSSR count). The molecule has 1 N–H and O–H groups in total. The molecule has 20 heavy (non-hydrogen) atoms. The summed E-state index contributed by atoms with van der Waals surface area (Å²) in [4.78, 5) is 0. The molecule has 1 aromatic carbocycles. The molecule has 0 aliphatic carbocycles. The molecule has 2 aromatic rings. The zero-order chi connectivity index (χ0) is 14.5. The van der Waals surface area contributed by atoms with Crippen molar-refractivity contribution in [1.29, 1.82) is 0 Å². The van der Waals surface area contributed by atoms with Crippen molar-refractivity contribution in [2.75, 3.05) is 7.05 Å². The third-order valence-electron chi connectivity index (χ3n) is 3.49. The van der Waals surface area contributed by atoms with Crippen LogP contribution in [0.5, 0.6) is 0 Å². The van der Waals surface area contributed by atoms with Crippen molar-refractivity contribution in [3.8, 4) is 0 Å². The van der Waals surface area contributed by atoms with Gasteiger partial charge in [0.2, 0.25) is 0 Å². The molecule has 0 atom stereocenters. The van der Waals surface area contributed by atoms with Crippen LogP contribution in [0.4, 0.5) is 4.39 Å². The molecule has 0 aliphatic heterocycles. The van der Waals surface area contributed by atoms with E-state index >= 15 is 0 Å². The van der Waals surface area contributed by atoms with Crippen molar-refractivity contribution in [1.82, 2.24) is 15.1 Å². The van der Waals surface area contributed by atoms with Crippen LogP contribution in [0.25, 0.3) is 0 Å². The van der Waals surface area contributed by atoms with E-state index in [4.69, 9.17) is 5.10 Å². The number of hydrogen-bond acceptors (Lipinski definition) is 2. The van der Waals surface area contributed by atoms with Gasteiger partial charge >= 0.3 is 0 Å². The second-order valence-electron chi connectivity index (χ2n) is 4.90. The Kier molecular flexibility index (Phi) is 4.90.